The largest absolute Gasteiger partial charge is 0.387 e. The van der Waals surface area contributed by atoms with Gasteiger partial charge in [-0.15, -0.1) is 0 Å². The lowest BCUT2D eigenvalue weighted by molar-refractivity contribution is -0.123. The monoisotopic (exact) mass is 168 g/mol. The van der Waals surface area contributed by atoms with Crippen molar-refractivity contribution in [1.82, 2.24) is 9.88 Å². The molecule has 0 fully saturated rings. The second-order valence-electron chi connectivity index (χ2n) is 2.43. The predicted octanol–water partition coefficient (Wildman–Crippen LogP) is -0.403. The van der Waals surface area contributed by atoms with Gasteiger partial charge in [-0.3, -0.25) is 4.79 Å². The molecule has 0 bridgehead atoms. The third-order valence-corrected chi connectivity index (χ3v) is 1.50. The molecule has 1 rings (SSSR count). The molecule has 0 aliphatic carbocycles. The number of hydrogen-bond acceptors (Lipinski definition) is 2. The summed E-state index contributed by atoms with van der Waals surface area (Å²) < 4.78 is 1.96. The number of aromatic nitrogens is 1. The molecule has 0 saturated heterocycles. The average Bonchev–Trinajstić information content (AvgIpc) is 2.57. The molecule has 1 aromatic rings. The van der Waals surface area contributed by atoms with Crippen LogP contribution in [0.5, 0.6) is 0 Å². The van der Waals surface area contributed by atoms with Crippen LogP contribution in [-0.4, -0.2) is 28.7 Å². The van der Waals surface area contributed by atoms with Crippen molar-refractivity contribution in [2.75, 3.05) is 13.2 Å². The average molecular weight is 168 g/mol. The Balaban J connectivity index is 2.15. The van der Waals surface area contributed by atoms with Gasteiger partial charge in [0.05, 0.1) is 0 Å². The number of carbonyl (C=O) groups is 1. The molecule has 0 aromatic carbocycles. The summed E-state index contributed by atoms with van der Waals surface area (Å²) in [6, 6.07) is 3.85. The van der Waals surface area contributed by atoms with Gasteiger partial charge in [-0.25, -0.2) is 0 Å². The van der Waals surface area contributed by atoms with E-state index in [9.17, 15) is 4.79 Å². The molecule has 0 atom stereocenters. The summed E-state index contributed by atoms with van der Waals surface area (Å²) in [5.74, 6) is -0.331. The fourth-order valence-electron chi connectivity index (χ4n) is 0.900. The van der Waals surface area contributed by atoms with Gasteiger partial charge in [0.15, 0.2) is 0 Å². The number of nitrogens with zero attached hydrogens (tertiary/aromatic N) is 1. The van der Waals surface area contributed by atoms with E-state index in [1.807, 2.05) is 29.1 Å². The van der Waals surface area contributed by atoms with Crippen LogP contribution in [0.2, 0.25) is 0 Å². The molecule has 66 valence electrons. The van der Waals surface area contributed by atoms with Gasteiger partial charge in [-0.2, -0.15) is 0 Å². The van der Waals surface area contributed by atoms with E-state index in [-0.39, 0.29) is 5.91 Å². The van der Waals surface area contributed by atoms with E-state index in [4.69, 9.17) is 5.11 Å². The van der Waals surface area contributed by atoms with Gasteiger partial charge in [-0.05, 0) is 12.1 Å². The standard InChI is InChI=1S/C8H12N2O2/c11-7-8(12)9-3-6-10-4-1-2-5-10/h1-2,4-5,11H,3,6-7H2,(H,9,12). The lowest BCUT2D eigenvalue weighted by atomic mass is 10.5. The van der Waals surface area contributed by atoms with Crippen molar-refractivity contribution >= 4 is 5.91 Å². The van der Waals surface area contributed by atoms with Crippen LogP contribution in [0.4, 0.5) is 0 Å². The molecular weight excluding hydrogens is 156 g/mol. The molecule has 12 heavy (non-hydrogen) atoms. The van der Waals surface area contributed by atoms with E-state index in [1.54, 1.807) is 0 Å². The van der Waals surface area contributed by atoms with Crippen molar-refractivity contribution in [3.63, 3.8) is 0 Å². The first-order valence-electron chi connectivity index (χ1n) is 3.81. The summed E-state index contributed by atoms with van der Waals surface area (Å²) in [5, 5.41) is 10.9. The molecule has 1 amide bonds. The fourth-order valence-corrected chi connectivity index (χ4v) is 0.900. The zero-order valence-corrected chi connectivity index (χ0v) is 6.73. The molecule has 0 spiro atoms. The molecule has 2 N–H and O–H groups in total. The number of nitrogens with one attached hydrogen (secondary N) is 1. The third kappa shape index (κ3) is 2.75. The zero-order valence-electron chi connectivity index (χ0n) is 6.73. The quantitative estimate of drug-likeness (QED) is 0.642. The maximum Gasteiger partial charge on any atom is 0.245 e. The highest BCUT2D eigenvalue weighted by Gasteiger charge is 1.95. The fraction of sp³-hybridized carbons (Fsp3) is 0.375. The smallest absolute Gasteiger partial charge is 0.245 e. The maximum atomic E-state index is 10.6. The van der Waals surface area contributed by atoms with Crippen molar-refractivity contribution in [1.29, 1.82) is 0 Å². The Morgan fingerprint density at radius 3 is 2.67 bits per heavy atom. The minimum Gasteiger partial charge on any atom is -0.387 e. The Kier molecular flexibility index (Phi) is 3.35. The Labute approximate surface area is 70.8 Å². The van der Waals surface area contributed by atoms with Gasteiger partial charge in [0.2, 0.25) is 5.91 Å². The summed E-state index contributed by atoms with van der Waals surface area (Å²) in [5.41, 5.74) is 0. The molecule has 0 aliphatic rings. The summed E-state index contributed by atoms with van der Waals surface area (Å²) in [4.78, 5) is 10.6. The number of aliphatic hydroxyl groups excluding tert-OH is 1. The topological polar surface area (TPSA) is 54.3 Å². The van der Waals surface area contributed by atoms with Gasteiger partial charge in [0.25, 0.3) is 0 Å². The molecular formula is C8H12N2O2. The third-order valence-electron chi connectivity index (χ3n) is 1.50. The lowest BCUT2D eigenvalue weighted by Gasteiger charge is -2.03. The molecule has 1 aromatic heterocycles. The first-order chi connectivity index (χ1) is 5.83. The van der Waals surface area contributed by atoms with Crippen LogP contribution in [-0.2, 0) is 11.3 Å². The van der Waals surface area contributed by atoms with Crippen molar-refractivity contribution in [2.24, 2.45) is 0 Å². The number of hydrogen-bond donors (Lipinski definition) is 2. The molecule has 0 unspecified atom stereocenters. The Hall–Kier alpha value is -1.29. The van der Waals surface area contributed by atoms with Crippen LogP contribution in [0.25, 0.3) is 0 Å². The molecule has 4 nitrogen and oxygen atoms in total. The van der Waals surface area contributed by atoms with E-state index in [0.29, 0.717) is 6.54 Å². The van der Waals surface area contributed by atoms with Crippen LogP contribution in [0.1, 0.15) is 0 Å². The second kappa shape index (κ2) is 4.56. The first kappa shape index (κ1) is 8.80. The molecule has 4 heteroatoms. The predicted molar refractivity (Wildman–Crippen MR) is 44.5 cm³/mol. The van der Waals surface area contributed by atoms with E-state index in [1.165, 1.54) is 0 Å². The van der Waals surface area contributed by atoms with Gasteiger partial charge >= 0.3 is 0 Å². The van der Waals surface area contributed by atoms with E-state index in [0.717, 1.165) is 6.54 Å². The highest BCUT2D eigenvalue weighted by Crippen LogP contribution is 1.87. The van der Waals surface area contributed by atoms with Gasteiger partial charge < -0.3 is 15.0 Å². The summed E-state index contributed by atoms with van der Waals surface area (Å²) in [6.07, 6.45) is 3.84. The number of carbonyl (C=O) groups excluding carboxylic acids is 1. The number of aliphatic hydroxyl groups is 1. The van der Waals surface area contributed by atoms with E-state index in [2.05, 4.69) is 5.32 Å². The summed E-state index contributed by atoms with van der Waals surface area (Å²) in [7, 11) is 0. The normalized spacial score (nSPS) is 9.75. The Morgan fingerprint density at radius 1 is 1.42 bits per heavy atom. The zero-order chi connectivity index (χ0) is 8.81. The van der Waals surface area contributed by atoms with Crippen LogP contribution < -0.4 is 5.32 Å². The number of amides is 1. The van der Waals surface area contributed by atoms with Crippen molar-refractivity contribution < 1.29 is 9.90 Å². The van der Waals surface area contributed by atoms with Crippen LogP contribution in [0, 0.1) is 0 Å². The summed E-state index contributed by atoms with van der Waals surface area (Å²) >= 11 is 0. The first-order valence-corrected chi connectivity index (χ1v) is 3.81. The van der Waals surface area contributed by atoms with Crippen molar-refractivity contribution in [3.05, 3.63) is 24.5 Å². The van der Waals surface area contributed by atoms with Crippen LogP contribution >= 0.6 is 0 Å². The highest BCUT2D eigenvalue weighted by atomic mass is 16.3. The van der Waals surface area contributed by atoms with Gasteiger partial charge in [0.1, 0.15) is 6.61 Å². The lowest BCUT2D eigenvalue weighted by Crippen LogP contribution is -2.29. The molecule has 0 radical (unpaired) electrons. The van der Waals surface area contributed by atoms with E-state index < -0.39 is 6.61 Å². The van der Waals surface area contributed by atoms with E-state index >= 15 is 0 Å². The van der Waals surface area contributed by atoms with Crippen LogP contribution in [0.3, 0.4) is 0 Å². The molecule has 0 saturated carbocycles. The van der Waals surface area contributed by atoms with Gasteiger partial charge in [0, 0.05) is 25.5 Å². The summed E-state index contributed by atoms with van der Waals surface area (Å²) in [6.45, 7) is 0.846. The molecule has 0 aliphatic heterocycles. The minimum atomic E-state index is -0.439. The van der Waals surface area contributed by atoms with Crippen molar-refractivity contribution in [3.8, 4) is 0 Å². The van der Waals surface area contributed by atoms with Crippen LogP contribution in [0.15, 0.2) is 24.5 Å². The maximum absolute atomic E-state index is 10.6. The Bertz CT molecular complexity index is 231. The van der Waals surface area contributed by atoms with Crippen molar-refractivity contribution in [2.45, 2.75) is 6.54 Å². The highest BCUT2D eigenvalue weighted by molar-refractivity contribution is 5.76. The van der Waals surface area contributed by atoms with Gasteiger partial charge in [-0.1, -0.05) is 0 Å². The minimum absolute atomic E-state index is 0.331. The SMILES string of the molecule is O=C(CO)NCCn1cccc1. The number of rotatable bonds is 4. The Morgan fingerprint density at radius 2 is 2.08 bits per heavy atom. The second-order valence-corrected chi connectivity index (χ2v) is 2.43. The molecule has 1 heterocycles.